The third kappa shape index (κ3) is 3.45. The number of hydrogen-bond donors (Lipinski definition) is 1. The van der Waals surface area contributed by atoms with Crippen LogP contribution in [0.5, 0.6) is 11.5 Å². The third-order valence-corrected chi connectivity index (χ3v) is 5.06. The topological polar surface area (TPSA) is 73.9 Å². The first-order valence-corrected chi connectivity index (χ1v) is 9.14. The number of benzene rings is 2. The molecule has 2 aliphatic rings. The van der Waals surface area contributed by atoms with Crippen molar-refractivity contribution < 1.29 is 23.8 Å². The fourth-order valence-electron chi connectivity index (χ4n) is 3.67. The van der Waals surface area contributed by atoms with E-state index in [0.717, 1.165) is 16.7 Å². The summed E-state index contributed by atoms with van der Waals surface area (Å²) in [7, 11) is 0. The Morgan fingerprint density at radius 1 is 1.14 bits per heavy atom. The van der Waals surface area contributed by atoms with Crippen LogP contribution < -0.4 is 14.8 Å². The molecule has 0 spiro atoms. The van der Waals surface area contributed by atoms with E-state index >= 15 is 0 Å². The van der Waals surface area contributed by atoms with Crippen LogP contribution in [0.1, 0.15) is 36.0 Å². The van der Waals surface area contributed by atoms with Gasteiger partial charge in [0.15, 0.2) is 11.5 Å². The Morgan fingerprint density at radius 3 is 2.75 bits per heavy atom. The number of rotatable bonds is 4. The Balaban J connectivity index is 1.56. The summed E-state index contributed by atoms with van der Waals surface area (Å²) in [6.45, 7) is 4.02. The summed E-state index contributed by atoms with van der Waals surface area (Å²) in [6.07, 6.45) is 0.219. The van der Waals surface area contributed by atoms with Crippen molar-refractivity contribution in [1.82, 2.24) is 5.32 Å². The SMILES string of the molecule is CC1=C(C(=O)OCc2ccc3c(c2)OCO3)C(c2ccccc2C)CC(=O)N1. The van der Waals surface area contributed by atoms with Gasteiger partial charge in [0.05, 0.1) is 5.57 Å². The zero-order valence-electron chi connectivity index (χ0n) is 15.8. The van der Waals surface area contributed by atoms with Crippen LogP contribution in [0, 0.1) is 6.92 Å². The zero-order chi connectivity index (χ0) is 19.7. The molecule has 4 rings (SSSR count). The molecule has 1 atom stereocenters. The van der Waals surface area contributed by atoms with Gasteiger partial charge in [0.25, 0.3) is 0 Å². The minimum atomic E-state index is -0.427. The number of carbonyl (C=O) groups excluding carboxylic acids is 2. The molecule has 1 unspecified atom stereocenters. The van der Waals surface area contributed by atoms with E-state index in [9.17, 15) is 9.59 Å². The number of amides is 1. The molecule has 6 nitrogen and oxygen atoms in total. The maximum Gasteiger partial charge on any atom is 0.336 e. The van der Waals surface area contributed by atoms with E-state index in [-0.39, 0.29) is 31.6 Å². The number of ether oxygens (including phenoxy) is 3. The predicted molar refractivity (Wildman–Crippen MR) is 102 cm³/mol. The second-order valence-corrected chi connectivity index (χ2v) is 6.96. The minimum absolute atomic E-state index is 0.0990. The molecule has 6 heteroatoms. The van der Waals surface area contributed by atoms with Crippen molar-refractivity contribution in [2.45, 2.75) is 32.8 Å². The molecular weight excluding hydrogens is 358 g/mol. The van der Waals surface area contributed by atoms with Crippen LogP contribution in [0.2, 0.25) is 0 Å². The highest BCUT2D eigenvalue weighted by Crippen LogP contribution is 2.36. The summed E-state index contributed by atoms with van der Waals surface area (Å²) in [4.78, 5) is 25.0. The first-order valence-electron chi connectivity index (χ1n) is 9.14. The van der Waals surface area contributed by atoms with Crippen LogP contribution in [-0.2, 0) is 20.9 Å². The first-order chi connectivity index (χ1) is 13.5. The smallest absolute Gasteiger partial charge is 0.336 e. The lowest BCUT2D eigenvalue weighted by Crippen LogP contribution is -2.34. The van der Waals surface area contributed by atoms with E-state index in [1.807, 2.05) is 37.3 Å². The standard InChI is InChI=1S/C22H21NO5/c1-13-5-3-4-6-16(13)17-10-20(24)23-14(2)21(17)22(25)26-11-15-7-8-18-19(9-15)28-12-27-18/h3-9,17H,10-12H2,1-2H3,(H,23,24). The monoisotopic (exact) mass is 379 g/mol. The van der Waals surface area contributed by atoms with Crippen molar-refractivity contribution in [3.05, 3.63) is 70.4 Å². The first kappa shape index (κ1) is 18.1. The van der Waals surface area contributed by atoms with Crippen LogP contribution in [0.25, 0.3) is 0 Å². The Labute approximate surface area is 163 Å². The Kier molecular flexibility index (Phi) is 4.77. The normalized spacial score (nSPS) is 18.1. The van der Waals surface area contributed by atoms with Crippen LogP contribution in [0.15, 0.2) is 53.7 Å². The average molecular weight is 379 g/mol. The molecule has 0 radical (unpaired) electrons. The quantitative estimate of drug-likeness (QED) is 0.825. The molecule has 1 amide bonds. The zero-order valence-corrected chi connectivity index (χ0v) is 15.8. The number of fused-ring (bicyclic) bond motifs is 1. The molecule has 0 aliphatic carbocycles. The molecule has 0 saturated carbocycles. The van der Waals surface area contributed by atoms with Gasteiger partial charge in [0.2, 0.25) is 12.7 Å². The highest BCUT2D eigenvalue weighted by molar-refractivity contribution is 5.95. The second kappa shape index (κ2) is 7.38. The van der Waals surface area contributed by atoms with Gasteiger partial charge in [0.1, 0.15) is 6.61 Å². The van der Waals surface area contributed by atoms with E-state index in [2.05, 4.69) is 5.32 Å². The van der Waals surface area contributed by atoms with Gasteiger partial charge in [0, 0.05) is 18.0 Å². The number of esters is 1. The van der Waals surface area contributed by atoms with Crippen molar-refractivity contribution in [2.75, 3.05) is 6.79 Å². The number of hydrogen-bond acceptors (Lipinski definition) is 5. The fourth-order valence-corrected chi connectivity index (χ4v) is 3.67. The molecule has 2 heterocycles. The molecule has 2 aliphatic heterocycles. The molecule has 0 bridgehead atoms. The lowest BCUT2D eigenvalue weighted by Gasteiger charge is -2.27. The molecule has 28 heavy (non-hydrogen) atoms. The molecule has 2 aromatic carbocycles. The Bertz CT molecular complexity index is 979. The second-order valence-electron chi connectivity index (χ2n) is 6.96. The molecule has 2 aromatic rings. The van der Waals surface area contributed by atoms with Gasteiger partial charge in [-0.1, -0.05) is 30.3 Å². The van der Waals surface area contributed by atoms with Crippen molar-refractivity contribution in [3.8, 4) is 11.5 Å². The number of carbonyl (C=O) groups is 2. The van der Waals surface area contributed by atoms with E-state index in [0.29, 0.717) is 22.8 Å². The fraction of sp³-hybridized carbons (Fsp3) is 0.273. The molecule has 1 N–H and O–H groups in total. The third-order valence-electron chi connectivity index (χ3n) is 5.06. The molecule has 0 aromatic heterocycles. The number of aryl methyl sites for hydroxylation is 1. The van der Waals surface area contributed by atoms with Crippen LogP contribution in [0.3, 0.4) is 0 Å². The van der Waals surface area contributed by atoms with Gasteiger partial charge in [-0.2, -0.15) is 0 Å². The summed E-state index contributed by atoms with van der Waals surface area (Å²) >= 11 is 0. The summed E-state index contributed by atoms with van der Waals surface area (Å²) in [5.74, 6) is 0.482. The highest BCUT2D eigenvalue weighted by Gasteiger charge is 2.33. The number of allylic oxidation sites excluding steroid dienone is 1. The van der Waals surface area contributed by atoms with Gasteiger partial charge in [-0.3, -0.25) is 4.79 Å². The highest BCUT2D eigenvalue weighted by atomic mass is 16.7. The van der Waals surface area contributed by atoms with Crippen LogP contribution >= 0.6 is 0 Å². The van der Waals surface area contributed by atoms with E-state index in [1.165, 1.54) is 0 Å². The summed E-state index contributed by atoms with van der Waals surface area (Å²) in [5, 5.41) is 2.76. The van der Waals surface area contributed by atoms with Crippen LogP contribution in [0.4, 0.5) is 0 Å². The predicted octanol–water partition coefficient (Wildman–Crippen LogP) is 3.34. The Hall–Kier alpha value is -3.28. The van der Waals surface area contributed by atoms with E-state index in [4.69, 9.17) is 14.2 Å². The van der Waals surface area contributed by atoms with Crippen LogP contribution in [-0.4, -0.2) is 18.7 Å². The van der Waals surface area contributed by atoms with Gasteiger partial charge in [-0.15, -0.1) is 0 Å². The lowest BCUT2D eigenvalue weighted by molar-refractivity contribution is -0.141. The maximum absolute atomic E-state index is 12.9. The molecule has 0 fully saturated rings. The maximum atomic E-state index is 12.9. The van der Waals surface area contributed by atoms with Crippen molar-refractivity contribution in [1.29, 1.82) is 0 Å². The molecular formula is C22H21NO5. The van der Waals surface area contributed by atoms with Crippen molar-refractivity contribution in [2.24, 2.45) is 0 Å². The van der Waals surface area contributed by atoms with E-state index in [1.54, 1.807) is 19.1 Å². The lowest BCUT2D eigenvalue weighted by atomic mass is 9.82. The summed E-state index contributed by atoms with van der Waals surface area (Å²) < 4.78 is 16.2. The largest absolute Gasteiger partial charge is 0.457 e. The molecule has 144 valence electrons. The van der Waals surface area contributed by atoms with Gasteiger partial charge < -0.3 is 19.5 Å². The van der Waals surface area contributed by atoms with Gasteiger partial charge >= 0.3 is 5.97 Å². The van der Waals surface area contributed by atoms with E-state index < -0.39 is 5.97 Å². The minimum Gasteiger partial charge on any atom is -0.457 e. The summed E-state index contributed by atoms with van der Waals surface area (Å²) in [6, 6.07) is 13.2. The van der Waals surface area contributed by atoms with Gasteiger partial charge in [-0.25, -0.2) is 4.79 Å². The van der Waals surface area contributed by atoms with Gasteiger partial charge in [-0.05, 0) is 42.7 Å². The van der Waals surface area contributed by atoms with Crippen molar-refractivity contribution >= 4 is 11.9 Å². The summed E-state index contributed by atoms with van der Waals surface area (Å²) in [5.41, 5.74) is 3.85. The Morgan fingerprint density at radius 2 is 1.93 bits per heavy atom. The molecule has 0 saturated heterocycles. The number of nitrogens with one attached hydrogen (secondary N) is 1. The average Bonchev–Trinajstić information content (AvgIpc) is 3.13. The van der Waals surface area contributed by atoms with Crippen molar-refractivity contribution in [3.63, 3.8) is 0 Å².